The van der Waals surface area contributed by atoms with Crippen LogP contribution in [0.15, 0.2) is 47.4 Å². The van der Waals surface area contributed by atoms with Crippen molar-refractivity contribution in [2.75, 3.05) is 59.7 Å². The Labute approximate surface area is 211 Å². The Morgan fingerprint density at radius 3 is 2.60 bits per heavy atom. The fourth-order valence-electron chi connectivity index (χ4n) is 4.09. The van der Waals surface area contributed by atoms with Gasteiger partial charge in [0, 0.05) is 37.9 Å². The highest BCUT2D eigenvalue weighted by atomic mass is 35.5. The Bertz CT molecular complexity index is 1130. The first-order valence-electron chi connectivity index (χ1n) is 11.8. The zero-order valence-electron chi connectivity index (χ0n) is 20.0. The van der Waals surface area contributed by atoms with Crippen molar-refractivity contribution >= 4 is 23.3 Å². The first-order valence-corrected chi connectivity index (χ1v) is 11.8. The van der Waals surface area contributed by atoms with E-state index in [1.807, 2.05) is 0 Å². The van der Waals surface area contributed by atoms with Crippen LogP contribution >= 0.6 is 12.4 Å². The summed E-state index contributed by atoms with van der Waals surface area (Å²) in [4.78, 5) is 18.6. The SMILES string of the molecule is COc1ccc(-c2c[nH]c3c(OCCCCNCCN4CCOCC4)ccc(F)c3c2=O)cc1.Cl. The molecule has 0 unspecified atom stereocenters. The van der Waals surface area contributed by atoms with Crippen LogP contribution in [0, 0.1) is 5.82 Å². The molecule has 0 radical (unpaired) electrons. The number of H-pyrrole nitrogens is 1. The van der Waals surface area contributed by atoms with E-state index >= 15 is 0 Å². The van der Waals surface area contributed by atoms with E-state index < -0.39 is 5.82 Å². The minimum Gasteiger partial charge on any atom is -0.497 e. The summed E-state index contributed by atoms with van der Waals surface area (Å²) in [5.74, 6) is 0.605. The summed E-state index contributed by atoms with van der Waals surface area (Å²) in [7, 11) is 1.58. The summed E-state index contributed by atoms with van der Waals surface area (Å²) in [5.41, 5.74) is 1.10. The predicted molar refractivity (Wildman–Crippen MR) is 139 cm³/mol. The van der Waals surface area contributed by atoms with Crippen LogP contribution in [0.25, 0.3) is 22.0 Å². The van der Waals surface area contributed by atoms with Crippen molar-refractivity contribution in [2.24, 2.45) is 0 Å². The van der Waals surface area contributed by atoms with Crippen molar-refractivity contribution in [2.45, 2.75) is 12.8 Å². The number of benzene rings is 2. The van der Waals surface area contributed by atoms with Gasteiger partial charge in [-0.3, -0.25) is 9.69 Å². The van der Waals surface area contributed by atoms with Crippen LogP contribution in [0.5, 0.6) is 11.5 Å². The van der Waals surface area contributed by atoms with Gasteiger partial charge < -0.3 is 24.5 Å². The smallest absolute Gasteiger partial charge is 0.200 e. The number of hydrogen-bond donors (Lipinski definition) is 2. The van der Waals surface area contributed by atoms with Gasteiger partial charge in [0.15, 0.2) is 5.43 Å². The number of aromatic nitrogens is 1. The molecule has 1 aliphatic rings. The van der Waals surface area contributed by atoms with Crippen LogP contribution in [0.3, 0.4) is 0 Å². The molecule has 0 bridgehead atoms. The maximum Gasteiger partial charge on any atom is 0.200 e. The summed E-state index contributed by atoms with van der Waals surface area (Å²) in [6.07, 6.45) is 3.44. The molecule has 2 N–H and O–H groups in total. The lowest BCUT2D eigenvalue weighted by Gasteiger charge is -2.26. The van der Waals surface area contributed by atoms with Crippen molar-refractivity contribution in [3.8, 4) is 22.6 Å². The number of morpholine rings is 1. The largest absolute Gasteiger partial charge is 0.497 e. The molecule has 7 nitrogen and oxygen atoms in total. The van der Waals surface area contributed by atoms with Gasteiger partial charge in [0.2, 0.25) is 0 Å². The molecule has 0 saturated carbocycles. The van der Waals surface area contributed by atoms with Gasteiger partial charge >= 0.3 is 0 Å². The molecule has 2 aromatic carbocycles. The van der Waals surface area contributed by atoms with Crippen molar-refractivity contribution in [1.29, 1.82) is 0 Å². The highest BCUT2D eigenvalue weighted by molar-refractivity contribution is 5.88. The van der Waals surface area contributed by atoms with Gasteiger partial charge in [0.25, 0.3) is 0 Å². The van der Waals surface area contributed by atoms with E-state index in [4.69, 9.17) is 14.2 Å². The molecule has 9 heteroatoms. The number of ether oxygens (including phenoxy) is 3. The predicted octanol–water partition coefficient (Wildman–Crippen LogP) is 3.85. The number of unbranched alkanes of at least 4 members (excludes halogenated alkanes) is 1. The highest BCUT2D eigenvalue weighted by Gasteiger charge is 2.15. The van der Waals surface area contributed by atoms with Crippen molar-refractivity contribution in [1.82, 2.24) is 15.2 Å². The maximum atomic E-state index is 14.6. The Kier molecular flexibility index (Phi) is 10.3. The minimum atomic E-state index is -0.566. The number of methoxy groups -OCH3 is 1. The lowest BCUT2D eigenvalue weighted by Crippen LogP contribution is -2.40. The number of hydrogen-bond acceptors (Lipinski definition) is 6. The summed E-state index contributed by atoms with van der Waals surface area (Å²) in [6.45, 7) is 7.06. The molecule has 0 aliphatic carbocycles. The number of nitrogens with one attached hydrogen (secondary N) is 2. The second kappa shape index (κ2) is 13.4. The zero-order valence-corrected chi connectivity index (χ0v) is 20.8. The Hall–Kier alpha value is -2.65. The van der Waals surface area contributed by atoms with Crippen molar-refractivity contribution in [3.63, 3.8) is 0 Å². The standard InChI is InChI=1S/C26H32FN3O4.ClH/c1-32-20-6-4-19(5-7-20)21-18-29-25-23(9-8-22(27)24(25)26(21)31)34-15-3-2-10-28-11-12-30-13-16-33-17-14-30;/h4-9,18,28H,2-3,10-17H2,1H3,(H,29,31);1H. The minimum absolute atomic E-state index is 0. The summed E-state index contributed by atoms with van der Waals surface area (Å²) in [6, 6.07) is 9.96. The molecular formula is C26H33ClFN3O4. The first kappa shape index (κ1) is 26.9. The van der Waals surface area contributed by atoms with Gasteiger partial charge in [-0.05, 0) is 49.2 Å². The number of pyridine rings is 1. The van der Waals surface area contributed by atoms with Crippen LogP contribution in [0.2, 0.25) is 0 Å². The molecule has 0 atom stereocenters. The fraction of sp³-hybridized carbons (Fsp3) is 0.423. The molecular weight excluding hydrogens is 473 g/mol. The molecule has 190 valence electrons. The maximum absolute atomic E-state index is 14.6. The summed E-state index contributed by atoms with van der Waals surface area (Å²) >= 11 is 0. The number of rotatable bonds is 11. The number of fused-ring (bicyclic) bond motifs is 1. The molecule has 35 heavy (non-hydrogen) atoms. The highest BCUT2D eigenvalue weighted by Crippen LogP contribution is 2.27. The lowest BCUT2D eigenvalue weighted by molar-refractivity contribution is 0.0384. The molecule has 1 aliphatic heterocycles. The van der Waals surface area contributed by atoms with Crippen LogP contribution < -0.4 is 20.2 Å². The molecule has 0 spiro atoms. The molecule has 0 amide bonds. The van der Waals surface area contributed by atoms with Crippen LogP contribution in [0.1, 0.15) is 12.8 Å². The summed E-state index contributed by atoms with van der Waals surface area (Å²) < 4.78 is 31.1. The molecule has 1 saturated heterocycles. The monoisotopic (exact) mass is 505 g/mol. The third kappa shape index (κ3) is 6.95. The van der Waals surface area contributed by atoms with E-state index in [-0.39, 0.29) is 23.2 Å². The van der Waals surface area contributed by atoms with Gasteiger partial charge in [-0.25, -0.2) is 4.39 Å². The third-order valence-electron chi connectivity index (χ3n) is 6.06. The van der Waals surface area contributed by atoms with Gasteiger partial charge in [-0.15, -0.1) is 12.4 Å². The van der Waals surface area contributed by atoms with Crippen molar-refractivity contribution in [3.05, 3.63) is 58.6 Å². The van der Waals surface area contributed by atoms with E-state index in [2.05, 4.69) is 15.2 Å². The molecule has 4 rings (SSSR count). The van der Waals surface area contributed by atoms with E-state index in [0.717, 1.165) is 58.8 Å². The average Bonchev–Trinajstić information content (AvgIpc) is 2.87. The van der Waals surface area contributed by atoms with E-state index in [9.17, 15) is 9.18 Å². The zero-order chi connectivity index (χ0) is 23.8. The lowest BCUT2D eigenvalue weighted by atomic mass is 10.0. The topological polar surface area (TPSA) is 75.8 Å². The normalized spacial score (nSPS) is 14.0. The number of halogens is 2. The Morgan fingerprint density at radius 2 is 1.86 bits per heavy atom. The molecule has 2 heterocycles. The van der Waals surface area contributed by atoms with E-state index in [0.29, 0.717) is 34.7 Å². The van der Waals surface area contributed by atoms with Crippen LogP contribution in [0.4, 0.5) is 4.39 Å². The van der Waals surface area contributed by atoms with E-state index in [1.54, 1.807) is 43.6 Å². The Morgan fingerprint density at radius 1 is 1.09 bits per heavy atom. The molecule has 1 aromatic heterocycles. The third-order valence-corrected chi connectivity index (χ3v) is 6.06. The molecule has 3 aromatic rings. The van der Waals surface area contributed by atoms with Gasteiger partial charge in [0.1, 0.15) is 17.3 Å². The number of aromatic amines is 1. The average molecular weight is 506 g/mol. The Balaban J connectivity index is 0.00000342. The second-order valence-electron chi connectivity index (χ2n) is 8.32. The van der Waals surface area contributed by atoms with Crippen LogP contribution in [-0.2, 0) is 4.74 Å². The van der Waals surface area contributed by atoms with Crippen LogP contribution in [-0.4, -0.2) is 69.5 Å². The quantitative estimate of drug-likeness (QED) is 0.386. The first-order chi connectivity index (χ1) is 16.7. The van der Waals surface area contributed by atoms with E-state index in [1.165, 1.54) is 6.07 Å². The fourth-order valence-corrected chi connectivity index (χ4v) is 4.09. The van der Waals surface area contributed by atoms with Gasteiger partial charge in [-0.2, -0.15) is 0 Å². The number of nitrogens with zero attached hydrogens (tertiary/aromatic N) is 1. The van der Waals surface area contributed by atoms with Gasteiger partial charge in [-0.1, -0.05) is 12.1 Å². The van der Waals surface area contributed by atoms with Gasteiger partial charge in [0.05, 0.1) is 37.8 Å². The molecule has 1 fully saturated rings. The van der Waals surface area contributed by atoms with Crippen molar-refractivity contribution < 1.29 is 18.6 Å². The second-order valence-corrected chi connectivity index (χ2v) is 8.32. The summed E-state index contributed by atoms with van der Waals surface area (Å²) in [5, 5.41) is 3.47.